The average Bonchev–Trinajstić information content (AvgIpc) is 2.36. The van der Waals surface area contributed by atoms with E-state index >= 15 is 0 Å². The van der Waals surface area contributed by atoms with Gasteiger partial charge in [0.15, 0.2) is 0 Å². The van der Waals surface area contributed by atoms with Crippen molar-refractivity contribution in [3.63, 3.8) is 0 Å². The zero-order valence-electron chi connectivity index (χ0n) is 12.5. The molecule has 0 heterocycles. The number of nitrogen functional groups attached to an aromatic ring is 1. The van der Waals surface area contributed by atoms with Gasteiger partial charge in [-0.05, 0) is 61.7 Å². The SMILES string of the molecule is Cc1cc(C)cc(N(C)c2cc(C)ccc2C(=N)N)c1. The molecule has 0 aliphatic carbocycles. The van der Waals surface area contributed by atoms with E-state index in [2.05, 4.69) is 43.0 Å². The Balaban J connectivity index is 2.54. The minimum atomic E-state index is 0.0937. The Morgan fingerprint density at radius 2 is 1.55 bits per heavy atom. The predicted octanol–water partition coefficient (Wildman–Crippen LogP) is 3.66. The lowest BCUT2D eigenvalue weighted by Crippen LogP contribution is -2.18. The molecule has 2 aromatic rings. The van der Waals surface area contributed by atoms with E-state index in [0.717, 1.165) is 22.5 Å². The topological polar surface area (TPSA) is 53.1 Å². The van der Waals surface area contributed by atoms with E-state index < -0.39 is 0 Å². The summed E-state index contributed by atoms with van der Waals surface area (Å²) >= 11 is 0. The van der Waals surface area contributed by atoms with Gasteiger partial charge in [0.2, 0.25) is 0 Å². The summed E-state index contributed by atoms with van der Waals surface area (Å²) in [6.07, 6.45) is 0. The van der Waals surface area contributed by atoms with Gasteiger partial charge in [0.25, 0.3) is 0 Å². The highest BCUT2D eigenvalue weighted by Crippen LogP contribution is 2.29. The molecular weight excluding hydrogens is 246 g/mol. The van der Waals surface area contributed by atoms with Crippen LogP contribution in [0.5, 0.6) is 0 Å². The molecule has 3 nitrogen and oxygen atoms in total. The van der Waals surface area contributed by atoms with Gasteiger partial charge in [-0.2, -0.15) is 0 Å². The molecule has 0 aliphatic heterocycles. The molecule has 3 heteroatoms. The Morgan fingerprint density at radius 1 is 0.950 bits per heavy atom. The van der Waals surface area contributed by atoms with Crippen molar-refractivity contribution in [1.29, 1.82) is 5.41 Å². The van der Waals surface area contributed by atoms with Crippen molar-refractivity contribution in [2.75, 3.05) is 11.9 Å². The third kappa shape index (κ3) is 2.82. The van der Waals surface area contributed by atoms with Crippen LogP contribution < -0.4 is 10.6 Å². The van der Waals surface area contributed by atoms with Crippen LogP contribution in [0.15, 0.2) is 36.4 Å². The van der Waals surface area contributed by atoms with Crippen LogP contribution in [0.3, 0.4) is 0 Å². The van der Waals surface area contributed by atoms with Crippen LogP contribution in [-0.2, 0) is 0 Å². The Hall–Kier alpha value is -2.29. The predicted molar refractivity (Wildman–Crippen MR) is 86.2 cm³/mol. The van der Waals surface area contributed by atoms with Gasteiger partial charge >= 0.3 is 0 Å². The molecular formula is C17H21N3. The van der Waals surface area contributed by atoms with Crippen LogP contribution in [-0.4, -0.2) is 12.9 Å². The van der Waals surface area contributed by atoms with Crippen molar-refractivity contribution in [1.82, 2.24) is 0 Å². The molecule has 0 spiro atoms. The number of rotatable bonds is 3. The summed E-state index contributed by atoms with van der Waals surface area (Å²) in [6, 6.07) is 12.4. The van der Waals surface area contributed by atoms with Crippen LogP contribution in [0.25, 0.3) is 0 Å². The zero-order valence-corrected chi connectivity index (χ0v) is 12.5. The second kappa shape index (κ2) is 5.37. The fraction of sp³-hybridized carbons (Fsp3) is 0.235. The van der Waals surface area contributed by atoms with Gasteiger partial charge < -0.3 is 10.6 Å². The lowest BCUT2D eigenvalue weighted by molar-refractivity contribution is 1.18. The number of anilines is 2. The maximum absolute atomic E-state index is 7.74. The highest BCUT2D eigenvalue weighted by Gasteiger charge is 2.12. The molecule has 2 aromatic carbocycles. The number of nitrogens with two attached hydrogens (primary N) is 1. The van der Waals surface area contributed by atoms with E-state index in [4.69, 9.17) is 11.1 Å². The average molecular weight is 267 g/mol. The van der Waals surface area contributed by atoms with Crippen LogP contribution >= 0.6 is 0 Å². The molecule has 0 radical (unpaired) electrons. The smallest absolute Gasteiger partial charge is 0.124 e. The van der Waals surface area contributed by atoms with Crippen molar-refractivity contribution >= 4 is 17.2 Å². The van der Waals surface area contributed by atoms with E-state index in [0.29, 0.717) is 0 Å². The van der Waals surface area contributed by atoms with Crippen molar-refractivity contribution < 1.29 is 0 Å². The van der Waals surface area contributed by atoms with Crippen molar-refractivity contribution in [3.8, 4) is 0 Å². The van der Waals surface area contributed by atoms with Gasteiger partial charge in [0.1, 0.15) is 5.84 Å². The van der Waals surface area contributed by atoms with Gasteiger partial charge in [0, 0.05) is 18.3 Å². The van der Waals surface area contributed by atoms with Crippen LogP contribution in [0, 0.1) is 26.2 Å². The molecule has 0 bridgehead atoms. The first-order valence-electron chi connectivity index (χ1n) is 6.65. The summed E-state index contributed by atoms with van der Waals surface area (Å²) in [4.78, 5) is 2.09. The molecule has 20 heavy (non-hydrogen) atoms. The molecule has 0 saturated heterocycles. The highest BCUT2D eigenvalue weighted by atomic mass is 15.1. The summed E-state index contributed by atoms with van der Waals surface area (Å²) < 4.78 is 0. The maximum atomic E-state index is 7.74. The lowest BCUT2D eigenvalue weighted by atomic mass is 10.1. The Kier molecular flexibility index (Phi) is 3.79. The zero-order chi connectivity index (χ0) is 14.9. The molecule has 2 rings (SSSR count). The highest BCUT2D eigenvalue weighted by molar-refractivity contribution is 6.01. The van der Waals surface area contributed by atoms with Gasteiger partial charge in [-0.15, -0.1) is 0 Å². The fourth-order valence-corrected chi connectivity index (χ4v) is 2.43. The Morgan fingerprint density at radius 3 is 2.10 bits per heavy atom. The molecule has 0 atom stereocenters. The number of nitrogens with zero attached hydrogens (tertiary/aromatic N) is 1. The standard InChI is InChI=1S/C17H21N3/c1-11-5-6-15(17(18)19)16(10-11)20(4)14-8-12(2)7-13(3)9-14/h5-10H,1-4H3,(H3,18,19). The maximum Gasteiger partial charge on any atom is 0.124 e. The molecule has 3 N–H and O–H groups in total. The van der Waals surface area contributed by atoms with E-state index in [-0.39, 0.29) is 5.84 Å². The monoisotopic (exact) mass is 267 g/mol. The summed E-state index contributed by atoms with van der Waals surface area (Å²) in [5.74, 6) is 0.0937. The number of hydrogen-bond acceptors (Lipinski definition) is 2. The number of hydrogen-bond donors (Lipinski definition) is 2. The first-order chi connectivity index (χ1) is 9.38. The number of amidine groups is 1. The number of benzene rings is 2. The lowest BCUT2D eigenvalue weighted by Gasteiger charge is -2.23. The van der Waals surface area contributed by atoms with Crippen molar-refractivity contribution in [2.45, 2.75) is 20.8 Å². The second-order valence-corrected chi connectivity index (χ2v) is 5.34. The summed E-state index contributed by atoms with van der Waals surface area (Å²) in [6.45, 7) is 6.22. The van der Waals surface area contributed by atoms with Crippen LogP contribution in [0.1, 0.15) is 22.3 Å². The van der Waals surface area contributed by atoms with Crippen LogP contribution in [0.2, 0.25) is 0 Å². The van der Waals surface area contributed by atoms with E-state index in [1.165, 1.54) is 11.1 Å². The summed E-state index contributed by atoms with van der Waals surface area (Å²) in [5, 5.41) is 7.74. The van der Waals surface area contributed by atoms with Crippen molar-refractivity contribution in [3.05, 3.63) is 58.7 Å². The van der Waals surface area contributed by atoms with E-state index in [1.807, 2.05) is 26.1 Å². The van der Waals surface area contributed by atoms with Crippen molar-refractivity contribution in [2.24, 2.45) is 5.73 Å². The molecule has 0 fully saturated rings. The second-order valence-electron chi connectivity index (χ2n) is 5.34. The first kappa shape index (κ1) is 14.1. The third-order valence-electron chi connectivity index (χ3n) is 3.40. The van der Waals surface area contributed by atoms with E-state index in [9.17, 15) is 0 Å². The van der Waals surface area contributed by atoms with Gasteiger partial charge in [0.05, 0.1) is 5.69 Å². The third-order valence-corrected chi connectivity index (χ3v) is 3.40. The quantitative estimate of drug-likeness (QED) is 0.658. The molecule has 0 unspecified atom stereocenters. The molecule has 0 saturated carbocycles. The summed E-state index contributed by atoms with van der Waals surface area (Å²) in [5.41, 5.74) is 12.1. The minimum Gasteiger partial charge on any atom is -0.384 e. The summed E-state index contributed by atoms with van der Waals surface area (Å²) in [7, 11) is 2.01. The first-order valence-corrected chi connectivity index (χ1v) is 6.65. The fourth-order valence-electron chi connectivity index (χ4n) is 2.43. The van der Waals surface area contributed by atoms with Gasteiger partial charge in [-0.3, -0.25) is 5.41 Å². The van der Waals surface area contributed by atoms with E-state index in [1.54, 1.807) is 0 Å². The van der Waals surface area contributed by atoms with Crippen LogP contribution in [0.4, 0.5) is 11.4 Å². The molecule has 0 amide bonds. The Bertz CT molecular complexity index is 639. The normalized spacial score (nSPS) is 10.4. The van der Waals surface area contributed by atoms with Gasteiger partial charge in [-0.25, -0.2) is 0 Å². The number of aryl methyl sites for hydroxylation is 3. The minimum absolute atomic E-state index is 0.0937. The Labute approximate surface area is 120 Å². The number of nitrogens with one attached hydrogen (secondary N) is 1. The molecule has 104 valence electrons. The molecule has 0 aliphatic rings. The largest absolute Gasteiger partial charge is 0.384 e. The van der Waals surface area contributed by atoms with Gasteiger partial charge in [-0.1, -0.05) is 12.1 Å². The molecule has 0 aromatic heterocycles.